The number of hydrogen-bond donors (Lipinski definition) is 1. The highest BCUT2D eigenvalue weighted by atomic mass is 16.1. The summed E-state index contributed by atoms with van der Waals surface area (Å²) in [7, 11) is 0. The number of aromatic nitrogens is 2. The summed E-state index contributed by atoms with van der Waals surface area (Å²) < 4.78 is 1.57. The Balaban J connectivity index is 1.89. The Hall–Kier alpha value is -4.17. The average Bonchev–Trinajstić information content (AvgIpc) is 2.74. The fraction of sp³-hybridized carbons (Fsp3) is 0. The number of nitrogen functional groups attached to an aromatic ring is 1. The molecule has 0 aliphatic heterocycles. The largest absolute Gasteiger partial charge is 0.399 e. The Morgan fingerprint density at radius 1 is 0.929 bits per heavy atom. The van der Waals surface area contributed by atoms with Crippen molar-refractivity contribution >= 4 is 28.7 Å². The predicted octanol–water partition coefficient (Wildman–Crippen LogP) is 4.01. The van der Waals surface area contributed by atoms with Crippen LogP contribution in [0.4, 0.5) is 5.69 Å². The van der Waals surface area contributed by atoms with Crippen LogP contribution in [-0.4, -0.2) is 9.55 Å². The Bertz CT molecular complexity index is 1280. The number of rotatable bonds is 3. The van der Waals surface area contributed by atoms with E-state index in [9.17, 15) is 4.79 Å². The summed E-state index contributed by atoms with van der Waals surface area (Å²) in [6, 6.07) is 23.7. The van der Waals surface area contributed by atoms with Crippen LogP contribution in [0.5, 0.6) is 0 Å². The Kier molecular flexibility index (Phi) is 4.45. The SMILES string of the molecule is N#Cc1ccc(/C=C/c2nc3ccccc3c(=O)n2-c2ccc(N)cc2)cc1. The molecule has 5 heteroatoms. The number of para-hydroxylation sites is 1. The number of hydrogen-bond acceptors (Lipinski definition) is 4. The van der Waals surface area contributed by atoms with Crippen LogP contribution in [0.2, 0.25) is 0 Å². The van der Waals surface area contributed by atoms with Crippen molar-refractivity contribution in [2.24, 2.45) is 0 Å². The van der Waals surface area contributed by atoms with Crippen molar-refractivity contribution in [3.05, 3.63) is 100 Å². The zero-order chi connectivity index (χ0) is 19.5. The van der Waals surface area contributed by atoms with Crippen molar-refractivity contribution in [2.45, 2.75) is 0 Å². The lowest BCUT2D eigenvalue weighted by molar-refractivity contribution is 0.944. The molecule has 0 atom stereocenters. The third-order valence-electron chi connectivity index (χ3n) is 4.42. The van der Waals surface area contributed by atoms with Gasteiger partial charge in [0.25, 0.3) is 5.56 Å². The highest BCUT2D eigenvalue weighted by Gasteiger charge is 2.10. The number of nitriles is 1. The summed E-state index contributed by atoms with van der Waals surface area (Å²) in [6.45, 7) is 0. The van der Waals surface area contributed by atoms with Crippen LogP contribution >= 0.6 is 0 Å². The fourth-order valence-corrected chi connectivity index (χ4v) is 2.97. The molecule has 134 valence electrons. The molecule has 5 nitrogen and oxygen atoms in total. The summed E-state index contributed by atoms with van der Waals surface area (Å²) in [6.07, 6.45) is 3.66. The summed E-state index contributed by atoms with van der Waals surface area (Å²) in [5.74, 6) is 0.512. The molecular weight excluding hydrogens is 348 g/mol. The molecule has 2 N–H and O–H groups in total. The topological polar surface area (TPSA) is 84.7 Å². The van der Waals surface area contributed by atoms with Gasteiger partial charge in [0.2, 0.25) is 0 Å². The van der Waals surface area contributed by atoms with Gasteiger partial charge in [0.05, 0.1) is 28.2 Å². The van der Waals surface area contributed by atoms with Gasteiger partial charge >= 0.3 is 0 Å². The maximum absolute atomic E-state index is 13.2. The van der Waals surface area contributed by atoms with Gasteiger partial charge in [-0.1, -0.05) is 30.3 Å². The number of benzene rings is 3. The van der Waals surface area contributed by atoms with Gasteiger partial charge in [0, 0.05) is 5.69 Å². The third kappa shape index (κ3) is 3.27. The van der Waals surface area contributed by atoms with E-state index in [2.05, 4.69) is 11.1 Å². The zero-order valence-electron chi connectivity index (χ0n) is 14.9. The molecule has 1 heterocycles. The van der Waals surface area contributed by atoms with Crippen LogP contribution in [0.15, 0.2) is 77.6 Å². The van der Waals surface area contributed by atoms with Crippen LogP contribution in [0, 0.1) is 11.3 Å². The molecule has 0 unspecified atom stereocenters. The second-order valence-corrected chi connectivity index (χ2v) is 6.29. The molecule has 0 aliphatic carbocycles. The van der Waals surface area contributed by atoms with E-state index >= 15 is 0 Å². The summed E-state index contributed by atoms with van der Waals surface area (Å²) in [5.41, 5.74) is 9.11. The molecule has 0 saturated heterocycles. The fourth-order valence-electron chi connectivity index (χ4n) is 2.97. The molecule has 1 aromatic heterocycles. The van der Waals surface area contributed by atoms with Gasteiger partial charge in [-0.3, -0.25) is 9.36 Å². The minimum Gasteiger partial charge on any atom is -0.399 e. The maximum atomic E-state index is 13.2. The molecule has 0 bridgehead atoms. The van der Waals surface area contributed by atoms with E-state index < -0.39 is 0 Å². The van der Waals surface area contributed by atoms with E-state index in [-0.39, 0.29) is 5.56 Å². The summed E-state index contributed by atoms with van der Waals surface area (Å²) in [5, 5.41) is 9.48. The molecule has 3 aromatic carbocycles. The molecule has 4 aromatic rings. The smallest absolute Gasteiger partial charge is 0.266 e. The van der Waals surface area contributed by atoms with Crippen molar-refractivity contribution in [1.82, 2.24) is 9.55 Å². The minimum atomic E-state index is -0.144. The lowest BCUT2D eigenvalue weighted by Gasteiger charge is -2.11. The minimum absolute atomic E-state index is 0.144. The molecule has 0 spiro atoms. The molecule has 4 rings (SSSR count). The second kappa shape index (κ2) is 7.22. The first-order valence-corrected chi connectivity index (χ1v) is 8.72. The number of nitrogens with two attached hydrogens (primary N) is 1. The van der Waals surface area contributed by atoms with Gasteiger partial charge in [0.15, 0.2) is 0 Å². The summed E-state index contributed by atoms with van der Waals surface area (Å²) in [4.78, 5) is 17.8. The van der Waals surface area contributed by atoms with Gasteiger partial charge in [-0.25, -0.2) is 4.98 Å². The highest BCUT2D eigenvalue weighted by molar-refractivity contribution is 5.80. The predicted molar refractivity (Wildman–Crippen MR) is 112 cm³/mol. The standard InChI is InChI=1S/C23H16N4O/c24-15-17-7-5-16(6-8-17)9-14-22-26-21-4-2-1-3-20(21)23(28)27(22)19-12-10-18(25)11-13-19/h1-14H,25H2/b14-9+. The monoisotopic (exact) mass is 364 g/mol. The first kappa shape index (κ1) is 17.3. The van der Waals surface area contributed by atoms with Gasteiger partial charge in [-0.2, -0.15) is 5.26 Å². The first-order valence-electron chi connectivity index (χ1n) is 8.72. The summed E-state index contributed by atoms with van der Waals surface area (Å²) >= 11 is 0. The molecule has 0 radical (unpaired) electrons. The maximum Gasteiger partial charge on any atom is 0.266 e. The van der Waals surface area contributed by atoms with Gasteiger partial charge in [-0.05, 0) is 60.2 Å². The van der Waals surface area contributed by atoms with E-state index in [1.165, 1.54) is 0 Å². The van der Waals surface area contributed by atoms with Crippen molar-refractivity contribution in [1.29, 1.82) is 5.26 Å². The normalized spacial score (nSPS) is 11.0. The van der Waals surface area contributed by atoms with Crippen molar-refractivity contribution in [3.63, 3.8) is 0 Å². The second-order valence-electron chi connectivity index (χ2n) is 6.29. The average molecular weight is 364 g/mol. The van der Waals surface area contributed by atoms with Gasteiger partial charge in [0.1, 0.15) is 5.82 Å². The van der Waals surface area contributed by atoms with E-state index in [0.29, 0.717) is 33.7 Å². The van der Waals surface area contributed by atoms with Crippen LogP contribution < -0.4 is 11.3 Å². The van der Waals surface area contributed by atoms with E-state index in [0.717, 1.165) is 5.56 Å². The van der Waals surface area contributed by atoms with Gasteiger partial charge < -0.3 is 5.73 Å². The first-order chi connectivity index (χ1) is 13.7. The van der Waals surface area contributed by atoms with Crippen LogP contribution in [0.3, 0.4) is 0 Å². The number of anilines is 1. The Morgan fingerprint density at radius 3 is 2.36 bits per heavy atom. The quantitative estimate of drug-likeness (QED) is 0.557. The Morgan fingerprint density at radius 2 is 1.64 bits per heavy atom. The Labute approximate surface area is 161 Å². The molecule has 0 amide bonds. The lowest BCUT2D eigenvalue weighted by Crippen LogP contribution is -2.22. The lowest BCUT2D eigenvalue weighted by atomic mass is 10.1. The molecule has 28 heavy (non-hydrogen) atoms. The zero-order valence-corrected chi connectivity index (χ0v) is 14.9. The van der Waals surface area contributed by atoms with Crippen molar-refractivity contribution < 1.29 is 0 Å². The van der Waals surface area contributed by atoms with Gasteiger partial charge in [-0.15, -0.1) is 0 Å². The van der Waals surface area contributed by atoms with E-state index in [1.54, 1.807) is 53.1 Å². The van der Waals surface area contributed by atoms with Crippen molar-refractivity contribution in [3.8, 4) is 11.8 Å². The molecule has 0 saturated carbocycles. The highest BCUT2D eigenvalue weighted by Crippen LogP contribution is 2.16. The molecule has 0 fully saturated rings. The van der Waals surface area contributed by atoms with Crippen molar-refractivity contribution in [2.75, 3.05) is 5.73 Å². The van der Waals surface area contributed by atoms with Crippen LogP contribution in [-0.2, 0) is 0 Å². The van der Waals surface area contributed by atoms with Crippen LogP contribution in [0.25, 0.3) is 28.7 Å². The third-order valence-corrected chi connectivity index (χ3v) is 4.42. The van der Waals surface area contributed by atoms with E-state index in [1.807, 2.05) is 36.4 Å². The molecule has 0 aliphatic rings. The molecular formula is C23H16N4O. The van der Waals surface area contributed by atoms with Crippen LogP contribution in [0.1, 0.15) is 17.0 Å². The number of fused-ring (bicyclic) bond motifs is 1. The van der Waals surface area contributed by atoms with E-state index in [4.69, 9.17) is 11.0 Å². The number of nitrogens with zero attached hydrogens (tertiary/aromatic N) is 3.